The van der Waals surface area contributed by atoms with Crippen LogP contribution in [0.5, 0.6) is 0 Å². The molecule has 0 fully saturated rings. The number of alkyl carbamates (subject to hydrolysis) is 1. The number of rotatable bonds is 10. The van der Waals surface area contributed by atoms with Crippen LogP contribution in [0.1, 0.15) is 47.5 Å². The van der Waals surface area contributed by atoms with Crippen molar-refractivity contribution in [1.82, 2.24) is 15.5 Å². The first kappa shape index (κ1) is 21.2. The average Bonchev–Trinajstić information content (AvgIpc) is 2.33. The van der Waals surface area contributed by atoms with E-state index in [-0.39, 0.29) is 6.09 Å². The lowest BCUT2D eigenvalue weighted by molar-refractivity contribution is 0.0515. The number of unbranched alkanes of at least 4 members (excludes halogenated alkanes) is 1. The Balaban J connectivity index is 3.90. The Morgan fingerprint density at radius 2 is 1.77 bits per heavy atom. The Labute approximate surface area is 137 Å². The second-order valence-corrected chi connectivity index (χ2v) is 7.60. The molecule has 0 rings (SSSR count). The molecule has 0 radical (unpaired) electrons. The van der Waals surface area contributed by atoms with Gasteiger partial charge < -0.3 is 20.3 Å². The lowest BCUT2D eigenvalue weighted by Crippen LogP contribution is -2.39. The van der Waals surface area contributed by atoms with Crippen molar-refractivity contribution >= 4 is 6.09 Å². The van der Waals surface area contributed by atoms with Crippen molar-refractivity contribution in [1.29, 1.82) is 0 Å². The number of nitrogens with one attached hydrogen (secondary N) is 2. The molecule has 5 heteroatoms. The second kappa shape index (κ2) is 10.8. The van der Waals surface area contributed by atoms with E-state index in [1.807, 2.05) is 20.8 Å². The molecule has 0 heterocycles. The van der Waals surface area contributed by atoms with Gasteiger partial charge in [-0.2, -0.15) is 0 Å². The molecule has 0 aliphatic heterocycles. The summed E-state index contributed by atoms with van der Waals surface area (Å²) in [7, 11) is 4.20. The largest absolute Gasteiger partial charge is 0.444 e. The number of carbonyl (C=O) groups excluding carboxylic acids is 1. The van der Waals surface area contributed by atoms with Gasteiger partial charge in [-0.05, 0) is 79.2 Å². The summed E-state index contributed by atoms with van der Waals surface area (Å²) in [4.78, 5) is 13.9. The zero-order valence-electron chi connectivity index (χ0n) is 15.7. The smallest absolute Gasteiger partial charge is 0.407 e. The lowest BCUT2D eigenvalue weighted by Gasteiger charge is -2.24. The minimum atomic E-state index is -0.442. The molecule has 0 aromatic heterocycles. The molecule has 0 aromatic rings. The zero-order chi connectivity index (χ0) is 17.2. The molecule has 2 N–H and O–H groups in total. The van der Waals surface area contributed by atoms with Gasteiger partial charge in [-0.3, -0.25) is 0 Å². The van der Waals surface area contributed by atoms with E-state index in [0.29, 0.717) is 18.4 Å². The number of nitrogens with zero attached hydrogens (tertiary/aromatic N) is 1. The van der Waals surface area contributed by atoms with Crippen molar-refractivity contribution in [3.8, 4) is 0 Å². The molecular weight excluding hydrogens is 278 g/mol. The molecule has 132 valence electrons. The fourth-order valence-corrected chi connectivity index (χ4v) is 2.04. The maximum Gasteiger partial charge on any atom is 0.407 e. The summed E-state index contributed by atoms with van der Waals surface area (Å²) < 4.78 is 5.27. The number of hydrogen-bond donors (Lipinski definition) is 2. The molecule has 0 aliphatic carbocycles. The van der Waals surface area contributed by atoms with Crippen molar-refractivity contribution in [2.45, 2.75) is 53.1 Å². The summed E-state index contributed by atoms with van der Waals surface area (Å²) in [6.45, 7) is 13.8. The average molecular weight is 316 g/mol. The predicted molar refractivity (Wildman–Crippen MR) is 93.2 cm³/mol. The van der Waals surface area contributed by atoms with Crippen LogP contribution < -0.4 is 10.6 Å². The lowest BCUT2D eigenvalue weighted by atomic mass is 9.96. The third-order valence-corrected chi connectivity index (χ3v) is 3.47. The Morgan fingerprint density at radius 3 is 2.27 bits per heavy atom. The molecule has 22 heavy (non-hydrogen) atoms. The highest BCUT2D eigenvalue weighted by atomic mass is 16.6. The molecule has 0 aromatic carbocycles. The summed E-state index contributed by atoms with van der Waals surface area (Å²) in [6, 6.07) is 0. The molecule has 1 amide bonds. The van der Waals surface area contributed by atoms with Crippen molar-refractivity contribution in [2.24, 2.45) is 11.8 Å². The van der Waals surface area contributed by atoms with E-state index in [1.54, 1.807) is 0 Å². The van der Waals surface area contributed by atoms with Gasteiger partial charge in [0.25, 0.3) is 0 Å². The highest BCUT2D eigenvalue weighted by Gasteiger charge is 2.18. The van der Waals surface area contributed by atoms with Crippen LogP contribution in [0.2, 0.25) is 0 Å². The number of ether oxygens (including phenoxy) is 1. The normalized spacial score (nSPS) is 13.5. The number of amides is 1. The minimum Gasteiger partial charge on any atom is -0.444 e. The van der Waals surface area contributed by atoms with Crippen LogP contribution in [-0.4, -0.2) is 56.9 Å². The van der Waals surface area contributed by atoms with E-state index in [2.05, 4.69) is 43.5 Å². The first-order valence-electron chi connectivity index (χ1n) is 8.44. The quantitative estimate of drug-likeness (QED) is 0.609. The van der Waals surface area contributed by atoms with Gasteiger partial charge in [0, 0.05) is 6.54 Å². The Hall–Kier alpha value is -0.810. The Bertz CT molecular complexity index is 299. The number of carbonyl (C=O) groups is 1. The topological polar surface area (TPSA) is 53.6 Å². The van der Waals surface area contributed by atoms with E-state index < -0.39 is 5.60 Å². The van der Waals surface area contributed by atoms with Crippen molar-refractivity contribution < 1.29 is 9.53 Å². The van der Waals surface area contributed by atoms with Gasteiger partial charge in [0.15, 0.2) is 0 Å². The molecule has 0 saturated carbocycles. The van der Waals surface area contributed by atoms with Gasteiger partial charge in [-0.15, -0.1) is 0 Å². The van der Waals surface area contributed by atoms with Crippen LogP contribution in [0.3, 0.4) is 0 Å². The molecule has 0 bridgehead atoms. The Morgan fingerprint density at radius 1 is 1.14 bits per heavy atom. The SMILES string of the molecule is CC(C)C(CNCCCCN(C)C)CNC(=O)OC(C)(C)C. The van der Waals surface area contributed by atoms with Crippen molar-refractivity contribution in [3.63, 3.8) is 0 Å². The van der Waals surface area contributed by atoms with Crippen molar-refractivity contribution in [2.75, 3.05) is 40.3 Å². The van der Waals surface area contributed by atoms with Gasteiger partial charge in [-0.1, -0.05) is 13.8 Å². The molecule has 5 nitrogen and oxygen atoms in total. The highest BCUT2D eigenvalue weighted by Crippen LogP contribution is 2.10. The molecule has 0 spiro atoms. The molecule has 1 atom stereocenters. The standard InChI is InChI=1S/C17H37N3O2/c1-14(2)15(12-18-10-8-9-11-20(6)7)13-19-16(21)22-17(3,4)5/h14-15,18H,8-13H2,1-7H3,(H,19,21). The van der Waals surface area contributed by atoms with Gasteiger partial charge in [-0.25, -0.2) is 4.79 Å². The Kier molecular flexibility index (Phi) is 10.4. The maximum absolute atomic E-state index is 11.7. The first-order chi connectivity index (χ1) is 10.1. The van der Waals surface area contributed by atoms with Crippen LogP contribution in [0.25, 0.3) is 0 Å². The minimum absolute atomic E-state index is 0.330. The second-order valence-electron chi connectivity index (χ2n) is 7.60. The first-order valence-corrected chi connectivity index (χ1v) is 8.44. The molecule has 0 aliphatic rings. The van der Waals surface area contributed by atoms with Gasteiger partial charge in [0.1, 0.15) is 5.60 Å². The fourth-order valence-electron chi connectivity index (χ4n) is 2.04. The summed E-state index contributed by atoms with van der Waals surface area (Å²) in [5.74, 6) is 0.936. The summed E-state index contributed by atoms with van der Waals surface area (Å²) in [6.07, 6.45) is 2.06. The van der Waals surface area contributed by atoms with E-state index in [9.17, 15) is 4.79 Å². The third-order valence-electron chi connectivity index (χ3n) is 3.47. The van der Waals surface area contributed by atoms with Crippen LogP contribution in [0, 0.1) is 11.8 Å². The molecular formula is C17H37N3O2. The monoisotopic (exact) mass is 315 g/mol. The van der Waals surface area contributed by atoms with E-state index in [4.69, 9.17) is 4.74 Å². The highest BCUT2D eigenvalue weighted by molar-refractivity contribution is 5.67. The van der Waals surface area contributed by atoms with E-state index in [1.165, 1.54) is 12.8 Å². The van der Waals surface area contributed by atoms with E-state index >= 15 is 0 Å². The number of hydrogen-bond acceptors (Lipinski definition) is 4. The zero-order valence-corrected chi connectivity index (χ0v) is 15.7. The molecule has 0 saturated heterocycles. The summed E-state index contributed by atoms with van der Waals surface area (Å²) >= 11 is 0. The summed E-state index contributed by atoms with van der Waals surface area (Å²) in [5.41, 5.74) is -0.442. The van der Waals surface area contributed by atoms with Crippen LogP contribution in [-0.2, 0) is 4.74 Å². The van der Waals surface area contributed by atoms with Gasteiger partial charge in [0.2, 0.25) is 0 Å². The molecule has 1 unspecified atom stereocenters. The van der Waals surface area contributed by atoms with E-state index in [0.717, 1.165) is 19.6 Å². The third kappa shape index (κ3) is 12.9. The predicted octanol–water partition coefficient (Wildman–Crippen LogP) is 2.71. The van der Waals surface area contributed by atoms with Crippen LogP contribution in [0.15, 0.2) is 0 Å². The van der Waals surface area contributed by atoms with Gasteiger partial charge >= 0.3 is 6.09 Å². The van der Waals surface area contributed by atoms with Crippen LogP contribution >= 0.6 is 0 Å². The van der Waals surface area contributed by atoms with Crippen LogP contribution in [0.4, 0.5) is 4.79 Å². The fraction of sp³-hybridized carbons (Fsp3) is 0.941. The van der Waals surface area contributed by atoms with Crippen molar-refractivity contribution in [3.05, 3.63) is 0 Å². The summed E-state index contributed by atoms with van der Waals surface area (Å²) in [5, 5.41) is 6.38. The maximum atomic E-state index is 11.7. The van der Waals surface area contributed by atoms with Gasteiger partial charge in [0.05, 0.1) is 0 Å².